The van der Waals surface area contributed by atoms with E-state index in [1.54, 1.807) is 6.07 Å². The second-order valence-corrected chi connectivity index (χ2v) is 4.56. The van der Waals surface area contributed by atoms with E-state index in [0.717, 1.165) is 30.2 Å². The van der Waals surface area contributed by atoms with Crippen LogP contribution in [0.3, 0.4) is 0 Å². The number of rotatable bonds is 2. The minimum Gasteiger partial charge on any atom is -0.350 e. The van der Waals surface area contributed by atoms with Crippen molar-refractivity contribution in [2.45, 2.75) is 18.3 Å². The zero-order valence-corrected chi connectivity index (χ0v) is 9.03. The molecule has 3 rings (SSSR count). The molecule has 0 atom stereocenters. The molecule has 1 aliphatic carbocycles. The Morgan fingerprint density at radius 1 is 1.44 bits per heavy atom. The van der Waals surface area contributed by atoms with Crippen LogP contribution >= 0.6 is 0 Å². The maximum atomic E-state index is 13.8. The molecule has 1 fully saturated rings. The van der Waals surface area contributed by atoms with Gasteiger partial charge in [0.15, 0.2) is 0 Å². The number of aldehydes is 1. The van der Waals surface area contributed by atoms with Crippen LogP contribution in [0.25, 0.3) is 10.9 Å². The minimum absolute atomic E-state index is 0.235. The predicted molar refractivity (Wildman–Crippen MR) is 59.9 cm³/mol. The third kappa shape index (κ3) is 1.08. The molecule has 1 heterocycles. The molecule has 16 heavy (non-hydrogen) atoms. The molecule has 0 saturated heterocycles. The molecule has 1 saturated carbocycles. The first-order valence-electron chi connectivity index (χ1n) is 5.38. The molecule has 0 unspecified atom stereocenters. The average Bonchev–Trinajstić information content (AvgIpc) is 3.00. The minimum atomic E-state index is -0.415. The SMILES string of the molecule is Cn1cc(C2(C=O)CC2)c2c(F)cccc21. The molecule has 2 nitrogen and oxygen atoms in total. The Hall–Kier alpha value is -1.64. The lowest BCUT2D eigenvalue weighted by Crippen LogP contribution is -2.07. The monoisotopic (exact) mass is 217 g/mol. The lowest BCUT2D eigenvalue weighted by Gasteiger charge is -2.05. The molecule has 0 radical (unpaired) electrons. The van der Waals surface area contributed by atoms with E-state index in [1.807, 2.05) is 23.9 Å². The molecule has 1 aromatic carbocycles. The molecule has 2 aromatic rings. The predicted octanol–water partition coefficient (Wildman–Crippen LogP) is 2.55. The van der Waals surface area contributed by atoms with Gasteiger partial charge in [0, 0.05) is 18.6 Å². The number of hydrogen-bond acceptors (Lipinski definition) is 1. The van der Waals surface area contributed by atoms with Gasteiger partial charge in [-0.05, 0) is 30.5 Å². The zero-order chi connectivity index (χ0) is 11.3. The van der Waals surface area contributed by atoms with Crippen LogP contribution in [0.2, 0.25) is 0 Å². The van der Waals surface area contributed by atoms with E-state index < -0.39 is 5.41 Å². The van der Waals surface area contributed by atoms with Gasteiger partial charge in [-0.3, -0.25) is 0 Å². The van der Waals surface area contributed by atoms with Crippen LogP contribution in [-0.2, 0) is 17.3 Å². The second kappa shape index (κ2) is 2.94. The summed E-state index contributed by atoms with van der Waals surface area (Å²) in [5, 5.41) is 0.606. The van der Waals surface area contributed by atoms with Crippen molar-refractivity contribution in [3.63, 3.8) is 0 Å². The van der Waals surface area contributed by atoms with Crippen molar-refractivity contribution in [2.75, 3.05) is 0 Å². The van der Waals surface area contributed by atoms with Crippen molar-refractivity contribution < 1.29 is 9.18 Å². The molecule has 0 N–H and O–H groups in total. The fourth-order valence-corrected chi connectivity index (χ4v) is 2.36. The first-order chi connectivity index (χ1) is 7.68. The normalized spacial score (nSPS) is 17.6. The van der Waals surface area contributed by atoms with E-state index in [0.29, 0.717) is 5.39 Å². The topological polar surface area (TPSA) is 22.0 Å². The van der Waals surface area contributed by atoms with E-state index in [4.69, 9.17) is 0 Å². The highest BCUT2D eigenvalue weighted by molar-refractivity contribution is 5.91. The van der Waals surface area contributed by atoms with Gasteiger partial charge in [0.25, 0.3) is 0 Å². The van der Waals surface area contributed by atoms with Crippen LogP contribution in [0.5, 0.6) is 0 Å². The Morgan fingerprint density at radius 3 is 2.81 bits per heavy atom. The van der Waals surface area contributed by atoms with Gasteiger partial charge in [-0.15, -0.1) is 0 Å². The second-order valence-electron chi connectivity index (χ2n) is 4.56. The highest BCUT2D eigenvalue weighted by Gasteiger charge is 2.46. The molecule has 0 aliphatic heterocycles. The summed E-state index contributed by atoms with van der Waals surface area (Å²) in [6.07, 6.45) is 4.53. The van der Waals surface area contributed by atoms with Gasteiger partial charge < -0.3 is 9.36 Å². The Labute approximate surface area is 92.7 Å². The van der Waals surface area contributed by atoms with E-state index in [9.17, 15) is 9.18 Å². The molecular weight excluding hydrogens is 205 g/mol. The number of fused-ring (bicyclic) bond motifs is 1. The van der Waals surface area contributed by atoms with Crippen LogP contribution < -0.4 is 0 Å². The van der Waals surface area contributed by atoms with Crippen LogP contribution in [0.15, 0.2) is 24.4 Å². The van der Waals surface area contributed by atoms with Crippen molar-refractivity contribution in [3.8, 4) is 0 Å². The highest BCUT2D eigenvalue weighted by atomic mass is 19.1. The summed E-state index contributed by atoms with van der Waals surface area (Å²) >= 11 is 0. The van der Waals surface area contributed by atoms with Gasteiger partial charge in [0.05, 0.1) is 10.9 Å². The van der Waals surface area contributed by atoms with Gasteiger partial charge in [-0.25, -0.2) is 4.39 Å². The molecule has 1 aliphatic rings. The Balaban J connectivity index is 2.38. The first-order valence-corrected chi connectivity index (χ1v) is 5.38. The number of halogens is 1. The number of benzene rings is 1. The van der Waals surface area contributed by atoms with Crippen LogP contribution in [0.4, 0.5) is 4.39 Å². The molecular formula is C13H12FNO. The Bertz CT molecular complexity index is 581. The maximum absolute atomic E-state index is 13.8. The lowest BCUT2D eigenvalue weighted by atomic mass is 9.97. The quantitative estimate of drug-likeness (QED) is 0.708. The van der Waals surface area contributed by atoms with E-state index in [1.165, 1.54) is 6.07 Å². The number of aromatic nitrogens is 1. The summed E-state index contributed by atoms with van der Waals surface area (Å²) in [5.74, 6) is -0.235. The molecule has 0 bridgehead atoms. The lowest BCUT2D eigenvalue weighted by molar-refractivity contribution is -0.109. The third-order valence-corrected chi connectivity index (χ3v) is 3.51. The number of carbonyl (C=O) groups is 1. The summed E-state index contributed by atoms with van der Waals surface area (Å²) in [4.78, 5) is 11.1. The zero-order valence-electron chi connectivity index (χ0n) is 9.03. The van der Waals surface area contributed by atoms with Gasteiger partial charge in [-0.2, -0.15) is 0 Å². The van der Waals surface area contributed by atoms with Crippen molar-refractivity contribution in [3.05, 3.63) is 35.8 Å². The van der Waals surface area contributed by atoms with Gasteiger partial charge in [0.2, 0.25) is 0 Å². The summed E-state index contributed by atoms with van der Waals surface area (Å²) in [5.41, 5.74) is 1.28. The van der Waals surface area contributed by atoms with Crippen LogP contribution in [0.1, 0.15) is 18.4 Å². The standard InChI is InChI=1S/C13H12FNO/c1-15-7-9(13(8-16)5-6-13)12-10(14)3-2-4-11(12)15/h2-4,7-8H,5-6H2,1H3. The number of hydrogen-bond donors (Lipinski definition) is 0. The van der Waals surface area contributed by atoms with Crippen molar-refractivity contribution >= 4 is 17.2 Å². The summed E-state index contributed by atoms with van der Waals surface area (Å²) in [7, 11) is 1.88. The summed E-state index contributed by atoms with van der Waals surface area (Å²) in [6.45, 7) is 0. The average molecular weight is 217 g/mol. The Kier molecular flexibility index (Phi) is 1.76. The van der Waals surface area contributed by atoms with Crippen LogP contribution in [0, 0.1) is 5.82 Å². The molecule has 0 spiro atoms. The van der Waals surface area contributed by atoms with Gasteiger partial charge >= 0.3 is 0 Å². The fourth-order valence-electron chi connectivity index (χ4n) is 2.36. The van der Waals surface area contributed by atoms with Crippen molar-refractivity contribution in [1.82, 2.24) is 4.57 Å². The molecule has 0 amide bonds. The molecule has 1 aromatic heterocycles. The van der Waals surface area contributed by atoms with E-state index >= 15 is 0 Å². The van der Waals surface area contributed by atoms with E-state index in [-0.39, 0.29) is 5.82 Å². The number of aryl methyl sites for hydroxylation is 1. The number of nitrogens with zero attached hydrogens (tertiary/aromatic N) is 1. The van der Waals surface area contributed by atoms with Gasteiger partial charge in [0.1, 0.15) is 12.1 Å². The smallest absolute Gasteiger partial charge is 0.132 e. The van der Waals surface area contributed by atoms with Crippen molar-refractivity contribution in [2.24, 2.45) is 7.05 Å². The van der Waals surface area contributed by atoms with Gasteiger partial charge in [-0.1, -0.05) is 6.07 Å². The fraction of sp³-hybridized carbons (Fsp3) is 0.308. The maximum Gasteiger partial charge on any atom is 0.132 e. The summed E-state index contributed by atoms with van der Waals surface area (Å²) in [6, 6.07) is 5.03. The molecule has 82 valence electrons. The Morgan fingerprint density at radius 2 is 2.19 bits per heavy atom. The van der Waals surface area contributed by atoms with Crippen LogP contribution in [-0.4, -0.2) is 10.9 Å². The first kappa shape index (κ1) is 9.58. The molecule has 3 heteroatoms. The van der Waals surface area contributed by atoms with Crippen molar-refractivity contribution in [1.29, 1.82) is 0 Å². The highest BCUT2D eigenvalue weighted by Crippen LogP contribution is 2.49. The van der Waals surface area contributed by atoms with E-state index in [2.05, 4.69) is 0 Å². The largest absolute Gasteiger partial charge is 0.350 e. The third-order valence-electron chi connectivity index (χ3n) is 3.51. The summed E-state index contributed by atoms with van der Waals surface area (Å²) < 4.78 is 15.7. The number of carbonyl (C=O) groups excluding carboxylic acids is 1.